The van der Waals surface area contributed by atoms with E-state index in [2.05, 4.69) is 9.97 Å². The molecule has 2 aromatic heterocycles. The molecule has 4 aromatic carbocycles. The van der Waals surface area contributed by atoms with Gasteiger partial charge in [0.25, 0.3) is 0 Å². The predicted molar refractivity (Wildman–Crippen MR) is 148 cm³/mol. The molecule has 2 heterocycles. The van der Waals surface area contributed by atoms with E-state index in [-0.39, 0.29) is 11.1 Å². The molecule has 6 rings (SSSR count). The average molecular weight is 513 g/mol. The molecule has 0 spiro atoms. The summed E-state index contributed by atoms with van der Waals surface area (Å²) in [5, 5.41) is 20.7. The number of carboxylic acids is 2. The zero-order valence-electron chi connectivity index (χ0n) is 20.4. The third-order valence-corrected chi connectivity index (χ3v) is 6.40. The Bertz CT molecular complexity index is 1750. The molecule has 0 bridgehead atoms. The standard InChI is InChI=1S/C32H20N2O5/c35-31(36)25-17-29(19-7-3-1-4-8-19)33-27-13-11-21(15-23(25)27)39-22-12-14-28-24(16-22)26(32(37)38)18-30(34-28)20-9-5-2-6-10-20/h1-18H,(H,35,36)(H,37,38). The fraction of sp³-hybridized carbons (Fsp3) is 0. The zero-order chi connectivity index (χ0) is 26.9. The van der Waals surface area contributed by atoms with Crippen molar-refractivity contribution in [3.05, 3.63) is 120 Å². The van der Waals surface area contributed by atoms with Crippen LogP contribution in [0.5, 0.6) is 11.5 Å². The first-order valence-electron chi connectivity index (χ1n) is 12.1. The first-order chi connectivity index (χ1) is 19.0. The molecule has 0 aliphatic heterocycles. The number of aromatic carboxylic acids is 2. The lowest BCUT2D eigenvalue weighted by Gasteiger charge is -2.12. The Kier molecular flexibility index (Phi) is 5.93. The number of ether oxygens (including phenoxy) is 1. The van der Waals surface area contributed by atoms with E-state index in [1.165, 1.54) is 0 Å². The van der Waals surface area contributed by atoms with Crippen molar-refractivity contribution in [2.45, 2.75) is 0 Å². The molecule has 0 aliphatic carbocycles. The lowest BCUT2D eigenvalue weighted by molar-refractivity contribution is 0.0688. The minimum atomic E-state index is -1.08. The number of hydrogen-bond acceptors (Lipinski definition) is 5. The van der Waals surface area contributed by atoms with Gasteiger partial charge in [0, 0.05) is 21.9 Å². The number of carbonyl (C=O) groups is 2. The van der Waals surface area contributed by atoms with Gasteiger partial charge in [-0.25, -0.2) is 19.6 Å². The number of aromatic nitrogens is 2. The van der Waals surface area contributed by atoms with Gasteiger partial charge in [0.2, 0.25) is 0 Å². The average Bonchev–Trinajstić information content (AvgIpc) is 2.96. The minimum absolute atomic E-state index is 0.105. The van der Waals surface area contributed by atoms with Crippen LogP contribution in [0.2, 0.25) is 0 Å². The fourth-order valence-corrected chi connectivity index (χ4v) is 4.54. The highest BCUT2D eigenvalue weighted by Crippen LogP contribution is 2.33. The number of nitrogens with zero attached hydrogens (tertiary/aromatic N) is 2. The van der Waals surface area contributed by atoms with E-state index in [0.29, 0.717) is 44.7 Å². The number of rotatable bonds is 6. The third-order valence-electron chi connectivity index (χ3n) is 6.40. The van der Waals surface area contributed by atoms with Crippen LogP contribution in [0, 0.1) is 0 Å². The highest BCUT2D eigenvalue weighted by Gasteiger charge is 2.16. The van der Waals surface area contributed by atoms with Gasteiger partial charge in [0.1, 0.15) is 11.5 Å². The Balaban J connectivity index is 1.39. The molecule has 0 fully saturated rings. The van der Waals surface area contributed by atoms with Gasteiger partial charge in [-0.15, -0.1) is 0 Å². The Morgan fingerprint density at radius 2 is 0.949 bits per heavy atom. The summed E-state index contributed by atoms with van der Waals surface area (Å²) >= 11 is 0. The highest BCUT2D eigenvalue weighted by atomic mass is 16.5. The smallest absolute Gasteiger partial charge is 0.336 e. The fourth-order valence-electron chi connectivity index (χ4n) is 4.54. The molecule has 39 heavy (non-hydrogen) atoms. The molecule has 7 heteroatoms. The van der Waals surface area contributed by atoms with E-state index in [1.54, 1.807) is 48.5 Å². The van der Waals surface area contributed by atoms with E-state index in [0.717, 1.165) is 11.1 Å². The monoisotopic (exact) mass is 512 g/mol. The van der Waals surface area contributed by atoms with Crippen LogP contribution >= 0.6 is 0 Å². The molecule has 0 atom stereocenters. The van der Waals surface area contributed by atoms with Crippen molar-refractivity contribution in [1.29, 1.82) is 0 Å². The molecular formula is C32H20N2O5. The van der Waals surface area contributed by atoms with Crippen LogP contribution < -0.4 is 4.74 Å². The normalized spacial score (nSPS) is 11.0. The second-order valence-corrected chi connectivity index (χ2v) is 8.91. The van der Waals surface area contributed by atoms with Crippen molar-refractivity contribution < 1.29 is 24.5 Å². The number of carboxylic acid groups (broad SMARTS) is 2. The van der Waals surface area contributed by atoms with Gasteiger partial charge in [-0.05, 0) is 48.5 Å². The summed E-state index contributed by atoms with van der Waals surface area (Å²) in [4.78, 5) is 33.5. The van der Waals surface area contributed by atoms with Crippen molar-refractivity contribution in [2.24, 2.45) is 0 Å². The Morgan fingerprint density at radius 1 is 0.538 bits per heavy atom. The lowest BCUT2D eigenvalue weighted by Crippen LogP contribution is -2.01. The molecule has 7 nitrogen and oxygen atoms in total. The molecule has 2 N–H and O–H groups in total. The Labute approximate surface area is 222 Å². The van der Waals surface area contributed by atoms with Gasteiger partial charge < -0.3 is 14.9 Å². The molecule has 0 radical (unpaired) electrons. The highest BCUT2D eigenvalue weighted by molar-refractivity contribution is 6.05. The van der Waals surface area contributed by atoms with Gasteiger partial charge in [-0.1, -0.05) is 60.7 Å². The largest absolute Gasteiger partial charge is 0.478 e. The number of benzene rings is 4. The van der Waals surface area contributed by atoms with Gasteiger partial charge in [-0.2, -0.15) is 0 Å². The summed E-state index contributed by atoms with van der Waals surface area (Å²) in [5.74, 6) is -1.36. The predicted octanol–water partition coefficient (Wildman–Crippen LogP) is 7.31. The van der Waals surface area contributed by atoms with Gasteiger partial charge in [-0.3, -0.25) is 0 Å². The minimum Gasteiger partial charge on any atom is -0.478 e. The maximum Gasteiger partial charge on any atom is 0.336 e. The van der Waals surface area contributed by atoms with Crippen LogP contribution in [-0.2, 0) is 0 Å². The maximum absolute atomic E-state index is 12.1. The molecule has 6 aromatic rings. The molecular weight excluding hydrogens is 492 g/mol. The van der Waals surface area contributed by atoms with E-state index >= 15 is 0 Å². The second kappa shape index (κ2) is 9.72. The Hall–Kier alpha value is -5.56. The quantitative estimate of drug-likeness (QED) is 0.241. The summed E-state index contributed by atoms with van der Waals surface area (Å²) in [5.41, 5.74) is 4.01. The van der Waals surface area contributed by atoms with Crippen molar-refractivity contribution in [2.75, 3.05) is 0 Å². The van der Waals surface area contributed by atoms with Crippen molar-refractivity contribution in [1.82, 2.24) is 9.97 Å². The molecule has 0 amide bonds. The van der Waals surface area contributed by atoms with Crippen molar-refractivity contribution >= 4 is 33.7 Å². The van der Waals surface area contributed by atoms with E-state index < -0.39 is 11.9 Å². The van der Waals surface area contributed by atoms with Crippen LogP contribution in [0.4, 0.5) is 0 Å². The van der Waals surface area contributed by atoms with Crippen molar-refractivity contribution in [3.8, 4) is 34.0 Å². The topological polar surface area (TPSA) is 110 Å². The van der Waals surface area contributed by atoms with E-state index in [9.17, 15) is 19.8 Å². The summed E-state index contributed by atoms with van der Waals surface area (Å²) in [7, 11) is 0. The SMILES string of the molecule is O=C(O)c1cc(-c2ccccc2)nc2ccc(Oc3ccc4nc(-c5ccccc5)cc(C(=O)O)c4c3)cc12. The summed E-state index contributed by atoms with van der Waals surface area (Å²) in [6.07, 6.45) is 0. The third kappa shape index (κ3) is 4.65. The van der Waals surface area contributed by atoms with Gasteiger partial charge >= 0.3 is 11.9 Å². The summed E-state index contributed by atoms with van der Waals surface area (Å²) < 4.78 is 6.05. The number of hydrogen-bond donors (Lipinski definition) is 2. The second-order valence-electron chi connectivity index (χ2n) is 8.91. The van der Waals surface area contributed by atoms with Crippen LogP contribution in [0.1, 0.15) is 20.7 Å². The zero-order valence-corrected chi connectivity index (χ0v) is 20.4. The molecule has 0 unspecified atom stereocenters. The molecule has 188 valence electrons. The molecule has 0 saturated carbocycles. The van der Waals surface area contributed by atoms with Crippen LogP contribution in [-0.4, -0.2) is 32.1 Å². The van der Waals surface area contributed by atoms with E-state index in [1.807, 2.05) is 60.7 Å². The summed E-state index contributed by atoms with van der Waals surface area (Å²) in [6.45, 7) is 0. The van der Waals surface area contributed by atoms with Crippen LogP contribution in [0.25, 0.3) is 44.3 Å². The van der Waals surface area contributed by atoms with Gasteiger partial charge in [0.15, 0.2) is 0 Å². The number of pyridine rings is 2. The first kappa shape index (κ1) is 23.8. The molecule has 0 saturated heterocycles. The maximum atomic E-state index is 12.1. The Morgan fingerprint density at radius 3 is 1.33 bits per heavy atom. The summed E-state index contributed by atoms with van der Waals surface area (Å²) in [6, 6.07) is 31.9. The first-order valence-corrected chi connectivity index (χ1v) is 12.1. The lowest BCUT2D eigenvalue weighted by atomic mass is 10.0. The van der Waals surface area contributed by atoms with Crippen LogP contribution in [0.3, 0.4) is 0 Å². The molecule has 0 aliphatic rings. The van der Waals surface area contributed by atoms with Gasteiger partial charge in [0.05, 0.1) is 33.5 Å². The van der Waals surface area contributed by atoms with E-state index in [4.69, 9.17) is 4.74 Å². The number of fused-ring (bicyclic) bond motifs is 2. The van der Waals surface area contributed by atoms with Crippen LogP contribution in [0.15, 0.2) is 109 Å². The van der Waals surface area contributed by atoms with Crippen molar-refractivity contribution in [3.63, 3.8) is 0 Å².